The number of nitrogens with one attached hydrogen (secondary N) is 1. The second-order valence-electron chi connectivity index (χ2n) is 3.23. The van der Waals surface area contributed by atoms with E-state index in [1.165, 1.54) is 19.3 Å². The van der Waals surface area contributed by atoms with Crippen LogP contribution in [0.3, 0.4) is 0 Å². The van der Waals surface area contributed by atoms with Crippen molar-refractivity contribution in [1.82, 2.24) is 0 Å². The quantitative estimate of drug-likeness (QED) is 0.290. The van der Waals surface area contributed by atoms with Crippen LogP contribution in [0.4, 0.5) is 0 Å². The van der Waals surface area contributed by atoms with Crippen LogP contribution in [0.15, 0.2) is 12.2 Å². The minimum atomic E-state index is 0.106. The highest BCUT2D eigenvalue weighted by atomic mass is 16.5. The maximum absolute atomic E-state index is 7.23. The van der Waals surface area contributed by atoms with Crippen molar-refractivity contribution in [1.29, 1.82) is 5.41 Å². The van der Waals surface area contributed by atoms with Gasteiger partial charge in [-0.15, -0.1) is 0 Å². The minimum Gasteiger partial charge on any atom is -0.474 e. The van der Waals surface area contributed by atoms with E-state index in [1.54, 1.807) is 6.92 Å². The second kappa shape index (κ2) is 7.84. The maximum Gasteiger partial charge on any atom is 0.177 e. The molecule has 0 saturated heterocycles. The molecule has 2 heteroatoms. The Morgan fingerprint density at radius 1 is 1.46 bits per heavy atom. The Labute approximate surface area is 81.5 Å². The third-order valence-electron chi connectivity index (χ3n) is 1.83. The second-order valence-corrected chi connectivity index (χ2v) is 3.23. The van der Waals surface area contributed by atoms with Gasteiger partial charge in [0.1, 0.15) is 6.10 Å². The molecule has 0 rings (SSSR count). The predicted octanol–water partition coefficient (Wildman–Crippen LogP) is 3.53. The molecule has 0 aromatic carbocycles. The molecule has 0 heterocycles. The van der Waals surface area contributed by atoms with Crippen LogP contribution < -0.4 is 0 Å². The summed E-state index contributed by atoms with van der Waals surface area (Å²) in [6.07, 6.45) is 8.79. The van der Waals surface area contributed by atoms with Crippen LogP contribution in [0.1, 0.15) is 46.5 Å². The highest BCUT2D eigenvalue weighted by molar-refractivity contribution is 5.69. The summed E-state index contributed by atoms with van der Waals surface area (Å²) in [7, 11) is 0. The average Bonchev–Trinajstić information content (AvgIpc) is 2.04. The van der Waals surface area contributed by atoms with E-state index < -0.39 is 0 Å². The summed E-state index contributed by atoms with van der Waals surface area (Å²) in [6, 6.07) is 0. The zero-order valence-corrected chi connectivity index (χ0v) is 8.97. The normalized spacial score (nSPS) is 13.2. The van der Waals surface area contributed by atoms with Gasteiger partial charge in [-0.3, -0.25) is 5.41 Å². The van der Waals surface area contributed by atoms with Crippen molar-refractivity contribution < 1.29 is 4.74 Å². The highest BCUT2D eigenvalue weighted by Gasteiger charge is 2.04. The van der Waals surface area contributed by atoms with Gasteiger partial charge in [0.2, 0.25) is 0 Å². The van der Waals surface area contributed by atoms with E-state index in [4.69, 9.17) is 10.1 Å². The topological polar surface area (TPSA) is 33.1 Å². The summed E-state index contributed by atoms with van der Waals surface area (Å²) in [4.78, 5) is 0. The van der Waals surface area contributed by atoms with Crippen molar-refractivity contribution in [3.8, 4) is 0 Å². The molecule has 1 N–H and O–H groups in total. The summed E-state index contributed by atoms with van der Waals surface area (Å²) >= 11 is 0. The molecule has 1 unspecified atom stereocenters. The van der Waals surface area contributed by atoms with Crippen LogP contribution in [-0.4, -0.2) is 12.0 Å². The first-order valence-corrected chi connectivity index (χ1v) is 5.05. The number of ether oxygens (including phenoxy) is 1. The van der Waals surface area contributed by atoms with Gasteiger partial charge in [0.05, 0.1) is 0 Å². The zero-order valence-electron chi connectivity index (χ0n) is 8.97. The lowest BCUT2D eigenvalue weighted by atomic mass is 10.1. The van der Waals surface area contributed by atoms with Crippen LogP contribution in [0.5, 0.6) is 0 Å². The molecule has 1 atom stereocenters. The Hall–Kier alpha value is -0.790. The monoisotopic (exact) mass is 183 g/mol. The molecule has 0 fully saturated rings. The van der Waals surface area contributed by atoms with E-state index in [2.05, 4.69) is 6.92 Å². The Morgan fingerprint density at radius 2 is 2.15 bits per heavy atom. The van der Waals surface area contributed by atoms with Crippen LogP contribution in [0.25, 0.3) is 0 Å². The summed E-state index contributed by atoms with van der Waals surface area (Å²) in [5.74, 6) is 0.305. The Bertz CT molecular complexity index is 163. The third kappa shape index (κ3) is 7.57. The molecule has 0 aromatic heterocycles. The molecule has 0 aromatic rings. The lowest BCUT2D eigenvalue weighted by Gasteiger charge is -2.13. The summed E-state index contributed by atoms with van der Waals surface area (Å²) in [5, 5.41) is 7.23. The SMILES string of the molecule is CC=CC(CCCCC)OC(C)=N. The first-order valence-electron chi connectivity index (χ1n) is 5.05. The van der Waals surface area contributed by atoms with Gasteiger partial charge >= 0.3 is 0 Å². The molecule has 0 aliphatic rings. The maximum atomic E-state index is 7.23. The van der Waals surface area contributed by atoms with Gasteiger partial charge in [0, 0.05) is 6.92 Å². The van der Waals surface area contributed by atoms with Gasteiger partial charge in [0.25, 0.3) is 0 Å². The van der Waals surface area contributed by atoms with E-state index >= 15 is 0 Å². The summed E-state index contributed by atoms with van der Waals surface area (Å²) < 4.78 is 5.33. The van der Waals surface area contributed by atoms with Crippen molar-refractivity contribution in [2.45, 2.75) is 52.6 Å². The molecule has 0 amide bonds. The lowest BCUT2D eigenvalue weighted by molar-refractivity contribution is 0.216. The minimum absolute atomic E-state index is 0.106. The molecular weight excluding hydrogens is 162 g/mol. The van der Waals surface area contributed by atoms with Gasteiger partial charge in [-0.1, -0.05) is 25.8 Å². The summed E-state index contributed by atoms with van der Waals surface area (Å²) in [5.41, 5.74) is 0. The molecule has 0 aliphatic heterocycles. The number of hydrogen-bond donors (Lipinski definition) is 1. The largest absolute Gasteiger partial charge is 0.474 e. The van der Waals surface area contributed by atoms with Crippen molar-refractivity contribution in [2.24, 2.45) is 0 Å². The van der Waals surface area contributed by atoms with Crippen molar-refractivity contribution in [2.75, 3.05) is 0 Å². The number of hydrogen-bond acceptors (Lipinski definition) is 2. The van der Waals surface area contributed by atoms with Crippen LogP contribution >= 0.6 is 0 Å². The zero-order chi connectivity index (χ0) is 10.1. The number of allylic oxidation sites excluding steroid dienone is 1. The average molecular weight is 183 g/mol. The first kappa shape index (κ1) is 12.2. The molecule has 0 aliphatic carbocycles. The van der Waals surface area contributed by atoms with Gasteiger partial charge in [0.15, 0.2) is 5.90 Å². The molecule has 0 bridgehead atoms. The smallest absolute Gasteiger partial charge is 0.177 e. The van der Waals surface area contributed by atoms with E-state index in [9.17, 15) is 0 Å². The van der Waals surface area contributed by atoms with E-state index in [1.807, 2.05) is 19.1 Å². The molecule has 0 saturated carbocycles. The lowest BCUT2D eigenvalue weighted by Crippen LogP contribution is -2.12. The van der Waals surface area contributed by atoms with Gasteiger partial charge in [-0.25, -0.2) is 0 Å². The van der Waals surface area contributed by atoms with E-state index in [-0.39, 0.29) is 6.10 Å². The standard InChI is InChI=1S/C11H21NO/c1-4-6-7-9-11(8-5-2)13-10(3)12/h5,8,11-12H,4,6-7,9H2,1-3H3. The Balaban J connectivity index is 3.73. The fourth-order valence-corrected chi connectivity index (χ4v) is 1.23. The Kier molecular flexibility index (Phi) is 7.36. The van der Waals surface area contributed by atoms with Crippen LogP contribution in [0, 0.1) is 5.41 Å². The molecular formula is C11H21NO. The van der Waals surface area contributed by atoms with Gasteiger partial charge < -0.3 is 4.74 Å². The molecule has 0 radical (unpaired) electrons. The summed E-state index contributed by atoms with van der Waals surface area (Å²) in [6.45, 7) is 5.85. The third-order valence-corrected chi connectivity index (χ3v) is 1.83. The fourth-order valence-electron chi connectivity index (χ4n) is 1.23. The molecule has 0 spiro atoms. The Morgan fingerprint density at radius 3 is 2.62 bits per heavy atom. The van der Waals surface area contributed by atoms with E-state index in [0.717, 1.165) is 6.42 Å². The van der Waals surface area contributed by atoms with Crippen LogP contribution in [-0.2, 0) is 4.74 Å². The van der Waals surface area contributed by atoms with E-state index in [0.29, 0.717) is 5.90 Å². The molecule has 76 valence electrons. The van der Waals surface area contributed by atoms with Crippen LogP contribution in [0.2, 0.25) is 0 Å². The van der Waals surface area contributed by atoms with Gasteiger partial charge in [-0.05, 0) is 25.8 Å². The number of rotatable bonds is 6. The number of unbranched alkanes of at least 4 members (excludes halogenated alkanes) is 2. The molecule has 2 nitrogen and oxygen atoms in total. The fraction of sp³-hybridized carbons (Fsp3) is 0.727. The first-order chi connectivity index (χ1) is 6.20. The van der Waals surface area contributed by atoms with Crippen molar-refractivity contribution in [3.05, 3.63) is 12.2 Å². The van der Waals surface area contributed by atoms with Gasteiger partial charge in [-0.2, -0.15) is 0 Å². The van der Waals surface area contributed by atoms with Crippen molar-refractivity contribution in [3.63, 3.8) is 0 Å². The van der Waals surface area contributed by atoms with Crippen molar-refractivity contribution >= 4 is 5.90 Å². The predicted molar refractivity (Wildman–Crippen MR) is 57.2 cm³/mol. The highest BCUT2D eigenvalue weighted by Crippen LogP contribution is 2.08. The molecule has 13 heavy (non-hydrogen) atoms.